The normalized spacial score (nSPS) is 12.5. The lowest BCUT2D eigenvalue weighted by Crippen LogP contribution is -2.15. The molecule has 0 spiro atoms. The van der Waals surface area contributed by atoms with Crippen molar-refractivity contribution in [2.24, 2.45) is 0 Å². The van der Waals surface area contributed by atoms with Gasteiger partial charge in [-0.15, -0.1) is 0 Å². The Morgan fingerprint density at radius 2 is 2.06 bits per heavy atom. The van der Waals surface area contributed by atoms with Gasteiger partial charge < -0.3 is 5.32 Å². The zero-order chi connectivity index (χ0) is 12.7. The molecule has 0 aromatic heterocycles. The van der Waals surface area contributed by atoms with Crippen LogP contribution in [0, 0.1) is 5.82 Å². The molecule has 0 fully saturated rings. The van der Waals surface area contributed by atoms with Crippen LogP contribution in [0.25, 0.3) is 0 Å². The standard InChI is InChI=1S/C14H21ClFN/c1-3-4-5-6-7-11(2)17-14-9-8-12(16)10-13(14)15/h8-11,17H,3-7H2,1-2H3. The molecule has 96 valence electrons. The lowest BCUT2D eigenvalue weighted by molar-refractivity contribution is 0.593. The summed E-state index contributed by atoms with van der Waals surface area (Å²) in [4.78, 5) is 0. The smallest absolute Gasteiger partial charge is 0.124 e. The van der Waals surface area contributed by atoms with Gasteiger partial charge in [0.1, 0.15) is 5.82 Å². The van der Waals surface area contributed by atoms with Crippen molar-refractivity contribution in [1.29, 1.82) is 0 Å². The Balaban J connectivity index is 2.37. The van der Waals surface area contributed by atoms with Gasteiger partial charge in [-0.25, -0.2) is 4.39 Å². The minimum Gasteiger partial charge on any atom is -0.381 e. The lowest BCUT2D eigenvalue weighted by Gasteiger charge is -2.16. The Labute approximate surface area is 108 Å². The van der Waals surface area contributed by atoms with E-state index in [1.165, 1.54) is 37.8 Å². The third-order valence-electron chi connectivity index (χ3n) is 2.82. The zero-order valence-corrected chi connectivity index (χ0v) is 11.4. The fourth-order valence-electron chi connectivity index (χ4n) is 1.82. The van der Waals surface area contributed by atoms with Gasteiger partial charge in [0.05, 0.1) is 10.7 Å². The number of hydrogen-bond donors (Lipinski definition) is 1. The molecule has 0 saturated carbocycles. The average molecular weight is 258 g/mol. The summed E-state index contributed by atoms with van der Waals surface area (Å²) in [5, 5.41) is 3.77. The van der Waals surface area contributed by atoms with Crippen LogP contribution in [0.15, 0.2) is 18.2 Å². The minimum atomic E-state index is -0.295. The Morgan fingerprint density at radius 1 is 1.29 bits per heavy atom. The highest BCUT2D eigenvalue weighted by Crippen LogP contribution is 2.23. The molecule has 1 atom stereocenters. The molecule has 0 aliphatic carbocycles. The number of unbranched alkanes of at least 4 members (excludes halogenated alkanes) is 3. The first-order valence-electron chi connectivity index (χ1n) is 6.35. The molecule has 0 heterocycles. The second kappa shape index (κ2) is 7.54. The summed E-state index contributed by atoms with van der Waals surface area (Å²) in [6.07, 6.45) is 6.17. The molecule has 1 aromatic carbocycles. The SMILES string of the molecule is CCCCCCC(C)Nc1ccc(F)cc1Cl. The van der Waals surface area contributed by atoms with Gasteiger partial charge in [0.15, 0.2) is 0 Å². The number of rotatable bonds is 7. The van der Waals surface area contributed by atoms with Gasteiger partial charge in [-0.3, -0.25) is 0 Å². The van der Waals surface area contributed by atoms with E-state index in [9.17, 15) is 4.39 Å². The first-order chi connectivity index (χ1) is 8.13. The van der Waals surface area contributed by atoms with Crippen molar-refractivity contribution in [3.8, 4) is 0 Å². The summed E-state index contributed by atoms with van der Waals surface area (Å²) < 4.78 is 12.9. The van der Waals surface area contributed by atoms with Crippen LogP contribution >= 0.6 is 11.6 Å². The van der Waals surface area contributed by atoms with Crippen LogP contribution in [0.5, 0.6) is 0 Å². The molecule has 0 saturated heterocycles. The van der Waals surface area contributed by atoms with Crippen molar-refractivity contribution in [3.63, 3.8) is 0 Å². The molecule has 3 heteroatoms. The molecule has 0 aliphatic heterocycles. The highest BCUT2D eigenvalue weighted by Gasteiger charge is 2.05. The van der Waals surface area contributed by atoms with Gasteiger partial charge >= 0.3 is 0 Å². The predicted octanol–water partition coefficient (Wildman–Crippen LogP) is 5.25. The second-order valence-electron chi connectivity index (χ2n) is 4.52. The van der Waals surface area contributed by atoms with E-state index in [-0.39, 0.29) is 5.82 Å². The monoisotopic (exact) mass is 257 g/mol. The van der Waals surface area contributed by atoms with Crippen LogP contribution in [0.3, 0.4) is 0 Å². The number of halogens is 2. The van der Waals surface area contributed by atoms with Gasteiger partial charge in [0, 0.05) is 6.04 Å². The van der Waals surface area contributed by atoms with Crippen LogP contribution in [0.4, 0.5) is 10.1 Å². The van der Waals surface area contributed by atoms with Crippen LogP contribution in [-0.4, -0.2) is 6.04 Å². The fraction of sp³-hybridized carbons (Fsp3) is 0.571. The number of nitrogens with one attached hydrogen (secondary N) is 1. The van der Waals surface area contributed by atoms with E-state index in [4.69, 9.17) is 11.6 Å². The summed E-state index contributed by atoms with van der Waals surface area (Å²) in [6.45, 7) is 4.34. The quantitative estimate of drug-likeness (QED) is 0.658. The van der Waals surface area contributed by atoms with Crippen molar-refractivity contribution >= 4 is 17.3 Å². The van der Waals surface area contributed by atoms with Crippen molar-refractivity contribution in [2.45, 2.75) is 52.0 Å². The molecule has 1 N–H and O–H groups in total. The second-order valence-corrected chi connectivity index (χ2v) is 4.93. The maximum Gasteiger partial charge on any atom is 0.124 e. The first kappa shape index (κ1) is 14.3. The van der Waals surface area contributed by atoms with Gasteiger partial charge in [-0.2, -0.15) is 0 Å². The van der Waals surface area contributed by atoms with Gasteiger partial charge in [0.2, 0.25) is 0 Å². The minimum absolute atomic E-state index is 0.295. The molecule has 0 aliphatic rings. The van der Waals surface area contributed by atoms with Crippen LogP contribution in [-0.2, 0) is 0 Å². The number of hydrogen-bond acceptors (Lipinski definition) is 1. The van der Waals surface area contributed by atoms with E-state index in [2.05, 4.69) is 19.2 Å². The van der Waals surface area contributed by atoms with Crippen LogP contribution in [0.1, 0.15) is 46.0 Å². The molecule has 0 amide bonds. The topological polar surface area (TPSA) is 12.0 Å². The summed E-state index contributed by atoms with van der Waals surface area (Å²) in [5.74, 6) is -0.295. The molecule has 1 rings (SSSR count). The first-order valence-corrected chi connectivity index (χ1v) is 6.73. The van der Waals surface area contributed by atoms with Crippen LogP contribution < -0.4 is 5.32 Å². The molecular weight excluding hydrogens is 237 g/mol. The largest absolute Gasteiger partial charge is 0.381 e. The van der Waals surface area contributed by atoms with Gasteiger partial charge in [-0.05, 0) is 31.5 Å². The molecule has 1 aromatic rings. The summed E-state index contributed by atoms with van der Waals surface area (Å²) >= 11 is 5.95. The lowest BCUT2D eigenvalue weighted by atomic mass is 10.1. The van der Waals surface area contributed by atoms with Crippen molar-refractivity contribution in [1.82, 2.24) is 0 Å². The van der Waals surface area contributed by atoms with Crippen molar-refractivity contribution < 1.29 is 4.39 Å². The molecule has 1 nitrogen and oxygen atoms in total. The summed E-state index contributed by atoms with van der Waals surface area (Å²) in [7, 11) is 0. The third kappa shape index (κ3) is 5.40. The average Bonchev–Trinajstić information content (AvgIpc) is 2.28. The maximum atomic E-state index is 12.9. The van der Waals surface area contributed by atoms with E-state index in [1.54, 1.807) is 6.07 Å². The molecule has 0 radical (unpaired) electrons. The summed E-state index contributed by atoms with van der Waals surface area (Å²) in [6, 6.07) is 4.83. The summed E-state index contributed by atoms with van der Waals surface area (Å²) in [5.41, 5.74) is 0.816. The predicted molar refractivity (Wildman–Crippen MR) is 73.3 cm³/mol. The third-order valence-corrected chi connectivity index (χ3v) is 3.14. The highest BCUT2D eigenvalue weighted by molar-refractivity contribution is 6.33. The number of anilines is 1. The Hall–Kier alpha value is -0.760. The van der Waals surface area contributed by atoms with Crippen LogP contribution in [0.2, 0.25) is 5.02 Å². The zero-order valence-electron chi connectivity index (χ0n) is 10.6. The highest BCUT2D eigenvalue weighted by atomic mass is 35.5. The van der Waals surface area contributed by atoms with E-state index < -0.39 is 0 Å². The van der Waals surface area contributed by atoms with E-state index in [0.29, 0.717) is 11.1 Å². The van der Waals surface area contributed by atoms with Crippen molar-refractivity contribution in [2.75, 3.05) is 5.32 Å². The molecule has 0 bridgehead atoms. The van der Waals surface area contributed by atoms with Gasteiger partial charge in [0.25, 0.3) is 0 Å². The fourth-order valence-corrected chi connectivity index (χ4v) is 2.04. The van der Waals surface area contributed by atoms with Gasteiger partial charge in [-0.1, -0.05) is 44.2 Å². The number of benzene rings is 1. The Morgan fingerprint density at radius 3 is 2.71 bits per heavy atom. The molecular formula is C14H21ClFN. The Bertz CT molecular complexity index is 341. The van der Waals surface area contributed by atoms with E-state index >= 15 is 0 Å². The maximum absolute atomic E-state index is 12.9. The van der Waals surface area contributed by atoms with E-state index in [1.807, 2.05) is 0 Å². The molecule has 17 heavy (non-hydrogen) atoms. The van der Waals surface area contributed by atoms with E-state index in [0.717, 1.165) is 12.1 Å². The Kier molecular flexibility index (Phi) is 6.35. The molecule has 1 unspecified atom stereocenters. The van der Waals surface area contributed by atoms with Crippen molar-refractivity contribution in [3.05, 3.63) is 29.0 Å².